The highest BCUT2D eigenvalue weighted by Crippen LogP contribution is 2.27. The number of aryl methyl sites for hydroxylation is 3. The monoisotopic (exact) mass is 304 g/mol. The van der Waals surface area contributed by atoms with Gasteiger partial charge in [0, 0.05) is 11.1 Å². The number of carbonyl (C=O) groups is 1. The molecule has 21 heavy (non-hydrogen) atoms. The molecule has 0 spiro atoms. The smallest absolute Gasteiger partial charge is 0.311 e. The number of thiazole rings is 1. The molecule has 1 heterocycles. The van der Waals surface area contributed by atoms with E-state index in [9.17, 15) is 4.79 Å². The molecule has 0 saturated heterocycles. The van der Waals surface area contributed by atoms with Gasteiger partial charge in [-0.1, -0.05) is 17.7 Å². The molecule has 1 N–H and O–H groups in total. The molecule has 112 valence electrons. The van der Waals surface area contributed by atoms with Crippen molar-refractivity contribution in [1.82, 2.24) is 4.98 Å². The molecule has 0 atom stereocenters. The summed E-state index contributed by atoms with van der Waals surface area (Å²) in [6, 6.07) is 4.28. The summed E-state index contributed by atoms with van der Waals surface area (Å²) < 4.78 is 4.93. The number of hydrogen-bond donors (Lipinski definition) is 1. The van der Waals surface area contributed by atoms with Crippen LogP contribution in [-0.2, 0) is 16.0 Å². The van der Waals surface area contributed by atoms with E-state index in [1.165, 1.54) is 28.0 Å². The van der Waals surface area contributed by atoms with Gasteiger partial charge in [0.05, 0.1) is 18.7 Å². The maximum atomic E-state index is 11.4. The minimum atomic E-state index is -0.239. The van der Waals surface area contributed by atoms with Crippen molar-refractivity contribution in [3.05, 3.63) is 39.9 Å². The number of ether oxygens (including phenoxy) is 1. The largest absolute Gasteiger partial charge is 0.466 e. The lowest BCUT2D eigenvalue weighted by molar-refractivity contribution is -0.142. The van der Waals surface area contributed by atoms with Gasteiger partial charge in [-0.2, -0.15) is 0 Å². The van der Waals surface area contributed by atoms with Crippen molar-refractivity contribution < 1.29 is 9.53 Å². The molecule has 0 fully saturated rings. The zero-order valence-electron chi connectivity index (χ0n) is 12.8. The van der Waals surface area contributed by atoms with Crippen LogP contribution >= 0.6 is 11.3 Å². The van der Waals surface area contributed by atoms with E-state index < -0.39 is 0 Å². The molecule has 0 aliphatic carbocycles. The molecule has 0 aliphatic rings. The number of anilines is 2. The van der Waals surface area contributed by atoms with Gasteiger partial charge in [-0.15, -0.1) is 11.3 Å². The van der Waals surface area contributed by atoms with Gasteiger partial charge in [-0.3, -0.25) is 4.79 Å². The third kappa shape index (κ3) is 4.04. The Labute approximate surface area is 129 Å². The van der Waals surface area contributed by atoms with Crippen LogP contribution in [0.4, 0.5) is 10.8 Å². The van der Waals surface area contributed by atoms with Crippen LogP contribution in [0.2, 0.25) is 0 Å². The Morgan fingerprint density at radius 2 is 1.95 bits per heavy atom. The fourth-order valence-electron chi connectivity index (χ4n) is 2.29. The fourth-order valence-corrected chi connectivity index (χ4v) is 3.00. The average molecular weight is 304 g/mol. The van der Waals surface area contributed by atoms with E-state index in [0.29, 0.717) is 6.61 Å². The Bertz CT molecular complexity index is 626. The molecule has 2 rings (SSSR count). The van der Waals surface area contributed by atoms with E-state index in [4.69, 9.17) is 4.74 Å². The molecule has 2 aromatic rings. The number of esters is 1. The Hall–Kier alpha value is -1.88. The number of carbonyl (C=O) groups excluding carboxylic acids is 1. The Morgan fingerprint density at radius 1 is 1.29 bits per heavy atom. The van der Waals surface area contributed by atoms with Crippen LogP contribution < -0.4 is 5.32 Å². The van der Waals surface area contributed by atoms with Crippen LogP contribution in [0.5, 0.6) is 0 Å². The van der Waals surface area contributed by atoms with Gasteiger partial charge < -0.3 is 10.1 Å². The molecule has 5 heteroatoms. The van der Waals surface area contributed by atoms with Crippen molar-refractivity contribution in [2.24, 2.45) is 0 Å². The summed E-state index contributed by atoms with van der Waals surface area (Å²) in [5, 5.41) is 6.03. The summed E-state index contributed by atoms with van der Waals surface area (Å²) in [4.78, 5) is 15.9. The first-order valence-electron chi connectivity index (χ1n) is 6.94. The highest BCUT2D eigenvalue weighted by atomic mass is 32.1. The first-order valence-corrected chi connectivity index (χ1v) is 7.82. The van der Waals surface area contributed by atoms with Crippen LogP contribution in [0.25, 0.3) is 0 Å². The van der Waals surface area contributed by atoms with E-state index in [1.54, 1.807) is 6.92 Å². The SMILES string of the molecule is CCOC(=O)Cc1csc(Nc2c(C)cc(C)cc2C)n1. The second-order valence-corrected chi connectivity index (χ2v) is 5.88. The summed E-state index contributed by atoms with van der Waals surface area (Å²) in [6.07, 6.45) is 0.220. The summed E-state index contributed by atoms with van der Waals surface area (Å²) in [5.41, 5.74) is 5.45. The predicted octanol–water partition coefficient (Wildman–Crippen LogP) is 3.92. The zero-order chi connectivity index (χ0) is 15.4. The molecule has 0 amide bonds. The third-order valence-electron chi connectivity index (χ3n) is 3.09. The fraction of sp³-hybridized carbons (Fsp3) is 0.375. The summed E-state index contributed by atoms with van der Waals surface area (Å²) in [7, 11) is 0. The van der Waals surface area contributed by atoms with Gasteiger partial charge >= 0.3 is 5.97 Å². The first-order chi connectivity index (χ1) is 9.99. The van der Waals surface area contributed by atoms with Crippen LogP contribution in [0.1, 0.15) is 29.3 Å². The standard InChI is InChI=1S/C16H20N2O2S/c1-5-20-14(19)8-13-9-21-16(17-13)18-15-11(3)6-10(2)7-12(15)4/h6-7,9H,5,8H2,1-4H3,(H,17,18). The Kier molecular flexibility index (Phi) is 4.96. The van der Waals surface area contributed by atoms with Gasteiger partial charge in [-0.05, 0) is 38.8 Å². The number of nitrogens with zero attached hydrogens (tertiary/aromatic N) is 1. The number of benzene rings is 1. The van der Waals surface area contributed by atoms with Crippen molar-refractivity contribution in [3.63, 3.8) is 0 Å². The number of nitrogens with one attached hydrogen (secondary N) is 1. The van der Waals surface area contributed by atoms with E-state index in [1.807, 2.05) is 5.38 Å². The molecular weight excluding hydrogens is 284 g/mol. The van der Waals surface area contributed by atoms with Crippen LogP contribution in [-0.4, -0.2) is 17.6 Å². The maximum absolute atomic E-state index is 11.4. The normalized spacial score (nSPS) is 10.5. The Morgan fingerprint density at radius 3 is 2.57 bits per heavy atom. The molecule has 1 aromatic carbocycles. The number of hydrogen-bond acceptors (Lipinski definition) is 5. The molecule has 0 unspecified atom stereocenters. The van der Waals surface area contributed by atoms with Crippen molar-refractivity contribution in [1.29, 1.82) is 0 Å². The Balaban J connectivity index is 2.11. The summed E-state index contributed by atoms with van der Waals surface area (Å²) >= 11 is 1.50. The second-order valence-electron chi connectivity index (χ2n) is 5.02. The van der Waals surface area contributed by atoms with E-state index in [-0.39, 0.29) is 12.4 Å². The number of rotatable bonds is 5. The van der Waals surface area contributed by atoms with Crippen molar-refractivity contribution >= 4 is 28.1 Å². The summed E-state index contributed by atoms with van der Waals surface area (Å²) in [5.74, 6) is -0.239. The van der Waals surface area contributed by atoms with Gasteiger partial charge in [0.15, 0.2) is 5.13 Å². The molecule has 0 aliphatic heterocycles. The predicted molar refractivity (Wildman–Crippen MR) is 86.4 cm³/mol. The molecule has 0 saturated carbocycles. The second kappa shape index (κ2) is 6.72. The maximum Gasteiger partial charge on any atom is 0.311 e. The molecule has 4 nitrogen and oxygen atoms in total. The minimum absolute atomic E-state index is 0.220. The van der Waals surface area contributed by atoms with Gasteiger partial charge in [0.2, 0.25) is 0 Å². The van der Waals surface area contributed by atoms with E-state index in [2.05, 4.69) is 43.2 Å². The lowest BCUT2D eigenvalue weighted by atomic mass is 10.1. The van der Waals surface area contributed by atoms with Gasteiger partial charge in [0.25, 0.3) is 0 Å². The van der Waals surface area contributed by atoms with Gasteiger partial charge in [-0.25, -0.2) is 4.98 Å². The molecule has 0 bridgehead atoms. The summed E-state index contributed by atoms with van der Waals surface area (Å²) in [6.45, 7) is 8.44. The van der Waals surface area contributed by atoms with E-state index in [0.717, 1.165) is 16.5 Å². The average Bonchev–Trinajstić information content (AvgIpc) is 2.81. The molecular formula is C16H20N2O2S. The van der Waals surface area contributed by atoms with Crippen LogP contribution in [0.3, 0.4) is 0 Å². The first kappa shape index (κ1) is 15.5. The molecule has 1 aromatic heterocycles. The lowest BCUT2D eigenvalue weighted by Crippen LogP contribution is -2.07. The van der Waals surface area contributed by atoms with E-state index >= 15 is 0 Å². The quantitative estimate of drug-likeness (QED) is 0.851. The third-order valence-corrected chi connectivity index (χ3v) is 3.90. The molecule has 0 radical (unpaired) electrons. The van der Waals surface area contributed by atoms with Crippen LogP contribution in [0.15, 0.2) is 17.5 Å². The lowest BCUT2D eigenvalue weighted by Gasteiger charge is -2.11. The van der Waals surface area contributed by atoms with Gasteiger partial charge in [0.1, 0.15) is 0 Å². The zero-order valence-corrected chi connectivity index (χ0v) is 13.6. The highest BCUT2D eigenvalue weighted by molar-refractivity contribution is 7.13. The van der Waals surface area contributed by atoms with Crippen molar-refractivity contribution in [3.8, 4) is 0 Å². The minimum Gasteiger partial charge on any atom is -0.466 e. The van der Waals surface area contributed by atoms with Crippen molar-refractivity contribution in [2.45, 2.75) is 34.1 Å². The van der Waals surface area contributed by atoms with Crippen molar-refractivity contribution in [2.75, 3.05) is 11.9 Å². The van der Waals surface area contributed by atoms with Crippen LogP contribution in [0, 0.1) is 20.8 Å². The topological polar surface area (TPSA) is 51.2 Å². The number of aromatic nitrogens is 1. The highest BCUT2D eigenvalue weighted by Gasteiger charge is 2.10.